The highest BCUT2D eigenvalue weighted by Gasteiger charge is 2.40. The van der Waals surface area contributed by atoms with Crippen molar-refractivity contribution < 1.29 is 9.50 Å². The van der Waals surface area contributed by atoms with Crippen molar-refractivity contribution in [3.8, 4) is 5.75 Å². The zero-order chi connectivity index (χ0) is 9.31. The van der Waals surface area contributed by atoms with Crippen molar-refractivity contribution in [3.63, 3.8) is 0 Å². The van der Waals surface area contributed by atoms with Crippen molar-refractivity contribution >= 4 is 0 Å². The van der Waals surface area contributed by atoms with Crippen LogP contribution in [0, 0.1) is 0 Å². The number of phenols is 1. The number of alkyl halides is 1. The second kappa shape index (κ2) is 3.02. The highest BCUT2D eigenvalue weighted by atomic mass is 19.1. The first-order valence-electron chi connectivity index (χ1n) is 4.63. The van der Waals surface area contributed by atoms with Gasteiger partial charge in [-0.3, -0.25) is 4.39 Å². The number of aromatic hydroxyl groups is 1. The smallest absolute Gasteiger partial charge is 0.119 e. The molecule has 0 unspecified atom stereocenters. The summed E-state index contributed by atoms with van der Waals surface area (Å²) in [6.45, 7) is -0.357. The van der Waals surface area contributed by atoms with E-state index in [0.29, 0.717) is 0 Å². The van der Waals surface area contributed by atoms with Crippen molar-refractivity contribution in [1.29, 1.82) is 0 Å². The standard InChI is InChI=1S/C11H13FO/c12-8-11(6-3-7-11)9-4-1-2-5-10(9)13/h1-2,4-5,13H,3,6-8H2. The highest BCUT2D eigenvalue weighted by Crippen LogP contribution is 2.46. The molecule has 0 aromatic heterocycles. The Morgan fingerprint density at radius 1 is 1.31 bits per heavy atom. The number of hydrogen-bond donors (Lipinski definition) is 1. The molecule has 0 aliphatic heterocycles. The van der Waals surface area contributed by atoms with E-state index in [2.05, 4.69) is 0 Å². The molecule has 1 nitrogen and oxygen atoms in total. The van der Waals surface area contributed by atoms with Crippen molar-refractivity contribution in [2.45, 2.75) is 24.7 Å². The van der Waals surface area contributed by atoms with E-state index < -0.39 is 0 Å². The van der Waals surface area contributed by atoms with Crippen LogP contribution in [0.15, 0.2) is 24.3 Å². The Morgan fingerprint density at radius 3 is 2.46 bits per heavy atom. The molecule has 1 N–H and O–H groups in total. The summed E-state index contributed by atoms with van der Waals surface area (Å²) in [6.07, 6.45) is 2.79. The topological polar surface area (TPSA) is 20.2 Å². The summed E-state index contributed by atoms with van der Waals surface area (Å²) in [5.41, 5.74) is 0.412. The Bertz CT molecular complexity index is 299. The lowest BCUT2D eigenvalue weighted by Gasteiger charge is -2.40. The third-order valence-corrected chi connectivity index (χ3v) is 3.04. The van der Waals surface area contributed by atoms with E-state index in [-0.39, 0.29) is 17.8 Å². The Kier molecular flexibility index (Phi) is 1.98. The summed E-state index contributed by atoms with van der Waals surface area (Å²) in [6, 6.07) is 7.08. The number of phenolic OH excluding ortho intramolecular Hbond substituents is 1. The van der Waals surface area contributed by atoms with Crippen molar-refractivity contribution in [2.24, 2.45) is 0 Å². The largest absolute Gasteiger partial charge is 0.508 e. The fraction of sp³-hybridized carbons (Fsp3) is 0.455. The summed E-state index contributed by atoms with van der Waals surface area (Å²) in [4.78, 5) is 0. The molecule has 0 bridgehead atoms. The molecule has 1 saturated carbocycles. The van der Waals surface area contributed by atoms with Crippen LogP contribution < -0.4 is 0 Å². The molecule has 0 spiro atoms. The van der Waals surface area contributed by atoms with Crippen LogP contribution in [-0.2, 0) is 5.41 Å². The van der Waals surface area contributed by atoms with Gasteiger partial charge in [0, 0.05) is 11.0 Å². The van der Waals surface area contributed by atoms with E-state index >= 15 is 0 Å². The second-order valence-electron chi connectivity index (χ2n) is 3.78. The first-order valence-corrected chi connectivity index (χ1v) is 4.63. The molecule has 0 saturated heterocycles. The predicted molar refractivity (Wildman–Crippen MR) is 49.6 cm³/mol. The minimum atomic E-state index is -0.370. The van der Waals surface area contributed by atoms with Gasteiger partial charge in [-0.25, -0.2) is 0 Å². The van der Waals surface area contributed by atoms with Gasteiger partial charge in [-0.15, -0.1) is 0 Å². The molecule has 1 fully saturated rings. The molecule has 0 heterocycles. The van der Waals surface area contributed by atoms with Gasteiger partial charge in [0.15, 0.2) is 0 Å². The fourth-order valence-electron chi connectivity index (χ4n) is 2.00. The molecule has 2 heteroatoms. The van der Waals surface area contributed by atoms with Crippen LogP contribution in [0.2, 0.25) is 0 Å². The number of benzene rings is 1. The highest BCUT2D eigenvalue weighted by molar-refractivity contribution is 5.40. The molecule has 13 heavy (non-hydrogen) atoms. The lowest BCUT2D eigenvalue weighted by atomic mass is 9.65. The molecular formula is C11H13FO. The predicted octanol–water partition coefficient (Wildman–Crippen LogP) is 2.78. The van der Waals surface area contributed by atoms with Gasteiger partial charge in [-0.2, -0.15) is 0 Å². The van der Waals surface area contributed by atoms with Crippen molar-refractivity contribution in [1.82, 2.24) is 0 Å². The molecule has 0 amide bonds. The van der Waals surface area contributed by atoms with E-state index in [1.54, 1.807) is 12.1 Å². The number of hydrogen-bond acceptors (Lipinski definition) is 1. The third kappa shape index (κ3) is 1.21. The van der Waals surface area contributed by atoms with Crippen LogP contribution in [0.25, 0.3) is 0 Å². The maximum atomic E-state index is 12.8. The summed E-state index contributed by atoms with van der Waals surface area (Å²) in [7, 11) is 0. The molecular weight excluding hydrogens is 167 g/mol. The zero-order valence-electron chi connectivity index (χ0n) is 7.46. The van der Waals surface area contributed by atoms with Crippen LogP contribution in [-0.4, -0.2) is 11.8 Å². The molecule has 2 rings (SSSR count). The van der Waals surface area contributed by atoms with E-state index in [0.717, 1.165) is 24.8 Å². The first-order chi connectivity index (χ1) is 6.28. The van der Waals surface area contributed by atoms with Crippen LogP contribution in [0.4, 0.5) is 4.39 Å². The average Bonchev–Trinajstić information content (AvgIpc) is 2.07. The van der Waals surface area contributed by atoms with Crippen LogP contribution in [0.3, 0.4) is 0 Å². The number of halogens is 1. The van der Waals surface area contributed by atoms with Gasteiger partial charge in [0.25, 0.3) is 0 Å². The molecule has 0 radical (unpaired) electrons. The van der Waals surface area contributed by atoms with E-state index in [9.17, 15) is 9.50 Å². The van der Waals surface area contributed by atoms with Gasteiger partial charge in [0.1, 0.15) is 5.75 Å². The summed E-state index contributed by atoms with van der Waals surface area (Å²) >= 11 is 0. The zero-order valence-corrected chi connectivity index (χ0v) is 7.46. The normalized spacial score (nSPS) is 19.5. The van der Waals surface area contributed by atoms with E-state index in [1.807, 2.05) is 12.1 Å². The Balaban J connectivity index is 2.38. The van der Waals surface area contributed by atoms with Gasteiger partial charge in [0.05, 0.1) is 6.67 Å². The lowest BCUT2D eigenvalue weighted by molar-refractivity contribution is 0.180. The minimum Gasteiger partial charge on any atom is -0.508 e. The van der Waals surface area contributed by atoms with Gasteiger partial charge >= 0.3 is 0 Å². The Labute approximate surface area is 77.2 Å². The Hall–Kier alpha value is -1.05. The van der Waals surface area contributed by atoms with Gasteiger partial charge < -0.3 is 5.11 Å². The molecule has 0 atom stereocenters. The quantitative estimate of drug-likeness (QED) is 0.742. The second-order valence-corrected chi connectivity index (χ2v) is 3.78. The van der Waals surface area contributed by atoms with Crippen molar-refractivity contribution in [2.75, 3.05) is 6.67 Å². The molecule has 1 aliphatic rings. The van der Waals surface area contributed by atoms with Crippen LogP contribution in [0.5, 0.6) is 5.75 Å². The van der Waals surface area contributed by atoms with E-state index in [1.165, 1.54) is 0 Å². The summed E-state index contributed by atoms with van der Waals surface area (Å²) in [5.74, 6) is 0.236. The number of rotatable bonds is 2. The fourth-order valence-corrected chi connectivity index (χ4v) is 2.00. The summed E-state index contributed by atoms with van der Waals surface area (Å²) < 4.78 is 12.8. The average molecular weight is 180 g/mol. The molecule has 1 aromatic rings. The lowest BCUT2D eigenvalue weighted by Crippen LogP contribution is -2.36. The third-order valence-electron chi connectivity index (χ3n) is 3.04. The van der Waals surface area contributed by atoms with Gasteiger partial charge in [-0.1, -0.05) is 24.6 Å². The van der Waals surface area contributed by atoms with E-state index in [4.69, 9.17) is 0 Å². The maximum absolute atomic E-state index is 12.8. The minimum absolute atomic E-state index is 0.236. The maximum Gasteiger partial charge on any atom is 0.119 e. The van der Waals surface area contributed by atoms with Gasteiger partial charge in [0.2, 0.25) is 0 Å². The SMILES string of the molecule is Oc1ccccc1C1(CF)CCC1. The van der Waals surface area contributed by atoms with Gasteiger partial charge in [-0.05, 0) is 18.9 Å². The Morgan fingerprint density at radius 2 is 2.00 bits per heavy atom. The summed E-state index contributed by atoms with van der Waals surface area (Å²) in [5, 5.41) is 9.58. The molecule has 1 aliphatic carbocycles. The molecule has 70 valence electrons. The molecule has 1 aromatic carbocycles. The monoisotopic (exact) mass is 180 g/mol. The van der Waals surface area contributed by atoms with Crippen molar-refractivity contribution in [3.05, 3.63) is 29.8 Å². The van der Waals surface area contributed by atoms with Crippen LogP contribution in [0.1, 0.15) is 24.8 Å². The first kappa shape index (κ1) is 8.54. The number of para-hydroxylation sites is 1. The van der Waals surface area contributed by atoms with Crippen LogP contribution >= 0.6 is 0 Å².